The van der Waals surface area contributed by atoms with Gasteiger partial charge in [0.15, 0.2) is 11.5 Å². The number of fused-ring (bicyclic) bond motifs is 1. The van der Waals surface area contributed by atoms with Crippen LogP contribution in [0.15, 0.2) is 79.0 Å². The number of thiazole rings is 1. The molecule has 6 nitrogen and oxygen atoms in total. The van der Waals surface area contributed by atoms with E-state index in [0.29, 0.717) is 30.3 Å². The molecule has 37 heavy (non-hydrogen) atoms. The van der Waals surface area contributed by atoms with Crippen LogP contribution in [0.25, 0.3) is 21.3 Å². The summed E-state index contributed by atoms with van der Waals surface area (Å²) in [5.41, 5.74) is 4.61. The smallest absolute Gasteiger partial charge is 0.271 e. The lowest BCUT2D eigenvalue weighted by molar-refractivity contribution is 0.0948. The second kappa shape index (κ2) is 10.9. The lowest BCUT2D eigenvalue weighted by Crippen LogP contribution is -2.29. The highest BCUT2D eigenvalue weighted by Crippen LogP contribution is 2.36. The molecule has 1 unspecified atom stereocenters. The van der Waals surface area contributed by atoms with Gasteiger partial charge in [-0.3, -0.25) is 4.79 Å². The van der Waals surface area contributed by atoms with Gasteiger partial charge < -0.3 is 19.8 Å². The molecule has 1 atom stereocenters. The Bertz CT molecular complexity index is 1520. The van der Waals surface area contributed by atoms with Crippen LogP contribution in [0.1, 0.15) is 39.5 Å². The van der Waals surface area contributed by atoms with Crippen molar-refractivity contribution in [3.8, 4) is 21.9 Å². The van der Waals surface area contributed by atoms with Gasteiger partial charge >= 0.3 is 0 Å². The second-order valence-corrected chi connectivity index (χ2v) is 9.88. The minimum absolute atomic E-state index is 0.121. The van der Waals surface area contributed by atoms with Crippen LogP contribution in [0, 0.1) is 6.92 Å². The van der Waals surface area contributed by atoms with Gasteiger partial charge in [0.25, 0.3) is 5.91 Å². The molecule has 5 aromatic rings. The molecular weight excluding hydrogens is 482 g/mol. The standard InChI is InChI=1S/C30H29N3O3S/c1-4-36-26-15-14-21(16-27(26)35-3)23(24-18-31-25-13-9-8-12-22(24)25)17-32-30(34)28-29(37-19(2)33-28)20-10-6-5-7-11-20/h5-16,18,23,31H,4,17H2,1-3H3,(H,32,34). The number of nitrogens with one attached hydrogen (secondary N) is 2. The Kier molecular flexibility index (Phi) is 7.23. The van der Waals surface area contributed by atoms with E-state index in [0.717, 1.165) is 37.5 Å². The van der Waals surface area contributed by atoms with Gasteiger partial charge in [-0.05, 0) is 48.7 Å². The number of para-hydroxylation sites is 1. The average Bonchev–Trinajstić information content (AvgIpc) is 3.54. The Labute approximate surface area is 220 Å². The molecule has 0 aliphatic carbocycles. The van der Waals surface area contributed by atoms with Crippen molar-refractivity contribution in [1.29, 1.82) is 0 Å². The molecule has 0 aliphatic heterocycles. The molecule has 2 heterocycles. The number of carbonyl (C=O) groups is 1. The van der Waals surface area contributed by atoms with Crippen molar-refractivity contribution in [3.63, 3.8) is 0 Å². The summed E-state index contributed by atoms with van der Waals surface area (Å²) in [6.45, 7) is 4.81. The molecule has 0 radical (unpaired) electrons. The van der Waals surface area contributed by atoms with Crippen LogP contribution >= 0.6 is 11.3 Å². The normalized spacial score (nSPS) is 11.9. The number of methoxy groups -OCH3 is 1. The van der Waals surface area contributed by atoms with Gasteiger partial charge in [-0.15, -0.1) is 11.3 Å². The van der Waals surface area contributed by atoms with Crippen LogP contribution in [0.3, 0.4) is 0 Å². The van der Waals surface area contributed by atoms with Crippen LogP contribution in [-0.2, 0) is 0 Å². The highest BCUT2D eigenvalue weighted by molar-refractivity contribution is 7.15. The molecular formula is C30H29N3O3S. The first-order valence-corrected chi connectivity index (χ1v) is 13.1. The van der Waals surface area contributed by atoms with E-state index in [1.165, 1.54) is 11.3 Å². The minimum Gasteiger partial charge on any atom is -0.493 e. The summed E-state index contributed by atoms with van der Waals surface area (Å²) in [6.07, 6.45) is 2.02. The lowest BCUT2D eigenvalue weighted by Gasteiger charge is -2.20. The molecule has 0 bridgehead atoms. The van der Waals surface area contributed by atoms with Gasteiger partial charge in [-0.1, -0.05) is 54.6 Å². The summed E-state index contributed by atoms with van der Waals surface area (Å²) < 4.78 is 11.4. The maximum absolute atomic E-state index is 13.5. The third-order valence-corrected chi connectivity index (χ3v) is 7.36. The Morgan fingerprint density at radius 1 is 1.05 bits per heavy atom. The van der Waals surface area contributed by atoms with E-state index >= 15 is 0 Å². The molecule has 7 heteroatoms. The predicted molar refractivity (Wildman–Crippen MR) is 149 cm³/mol. The quantitative estimate of drug-likeness (QED) is 0.235. The number of carbonyl (C=O) groups excluding carboxylic acids is 1. The molecule has 5 rings (SSSR count). The summed E-state index contributed by atoms with van der Waals surface area (Å²) in [6, 6.07) is 24.1. The number of ether oxygens (including phenoxy) is 2. The van der Waals surface area contributed by atoms with Crippen LogP contribution in [0.4, 0.5) is 0 Å². The van der Waals surface area contributed by atoms with E-state index in [1.54, 1.807) is 7.11 Å². The number of rotatable bonds is 9. The fourth-order valence-electron chi connectivity index (χ4n) is 4.61. The van der Waals surface area contributed by atoms with E-state index in [9.17, 15) is 4.79 Å². The van der Waals surface area contributed by atoms with Crippen molar-refractivity contribution < 1.29 is 14.3 Å². The zero-order valence-corrected chi connectivity index (χ0v) is 21.9. The predicted octanol–water partition coefficient (Wildman–Crippen LogP) is 6.57. The molecule has 2 N–H and O–H groups in total. The summed E-state index contributed by atoms with van der Waals surface area (Å²) in [5.74, 6) is 1.05. The Morgan fingerprint density at radius 2 is 1.84 bits per heavy atom. The van der Waals surface area contributed by atoms with Crippen molar-refractivity contribution in [3.05, 3.63) is 101 Å². The summed E-state index contributed by atoms with van der Waals surface area (Å²) >= 11 is 1.53. The SMILES string of the molecule is CCOc1ccc(C(CNC(=O)c2nc(C)sc2-c2ccccc2)c2c[nH]c3ccccc23)cc1OC. The van der Waals surface area contributed by atoms with E-state index in [1.807, 2.05) is 80.7 Å². The number of H-pyrrole nitrogens is 1. The van der Waals surface area contributed by atoms with Crippen LogP contribution in [0.2, 0.25) is 0 Å². The zero-order chi connectivity index (χ0) is 25.8. The van der Waals surface area contributed by atoms with E-state index in [-0.39, 0.29) is 11.8 Å². The number of nitrogens with zero attached hydrogens (tertiary/aromatic N) is 1. The number of aryl methyl sites for hydroxylation is 1. The third kappa shape index (κ3) is 5.08. The van der Waals surface area contributed by atoms with Crippen LogP contribution < -0.4 is 14.8 Å². The first-order valence-electron chi connectivity index (χ1n) is 12.3. The molecule has 0 saturated carbocycles. The highest BCUT2D eigenvalue weighted by atomic mass is 32.1. The monoisotopic (exact) mass is 511 g/mol. The molecule has 0 spiro atoms. The lowest BCUT2D eigenvalue weighted by atomic mass is 9.90. The zero-order valence-electron chi connectivity index (χ0n) is 21.1. The number of hydrogen-bond acceptors (Lipinski definition) is 5. The number of aromatic nitrogens is 2. The maximum Gasteiger partial charge on any atom is 0.271 e. The van der Waals surface area contributed by atoms with Gasteiger partial charge in [-0.25, -0.2) is 4.98 Å². The number of benzene rings is 3. The summed E-state index contributed by atoms with van der Waals surface area (Å²) in [7, 11) is 1.64. The van der Waals surface area contributed by atoms with E-state index in [2.05, 4.69) is 27.4 Å². The van der Waals surface area contributed by atoms with Gasteiger partial charge in [0.1, 0.15) is 5.69 Å². The molecule has 1 amide bonds. The van der Waals surface area contributed by atoms with Crippen LogP contribution in [0.5, 0.6) is 11.5 Å². The fraction of sp³-hybridized carbons (Fsp3) is 0.200. The number of amides is 1. The molecule has 3 aromatic carbocycles. The maximum atomic E-state index is 13.5. The first kappa shape index (κ1) is 24.6. The van der Waals surface area contributed by atoms with Crippen molar-refractivity contribution in [2.45, 2.75) is 19.8 Å². The Balaban J connectivity index is 1.49. The largest absolute Gasteiger partial charge is 0.493 e. The molecule has 2 aromatic heterocycles. The van der Waals surface area contributed by atoms with Gasteiger partial charge in [0.05, 0.1) is 23.6 Å². The summed E-state index contributed by atoms with van der Waals surface area (Å²) in [4.78, 5) is 22.3. The summed E-state index contributed by atoms with van der Waals surface area (Å²) in [5, 5.41) is 5.14. The number of hydrogen-bond donors (Lipinski definition) is 2. The van der Waals surface area contributed by atoms with E-state index < -0.39 is 0 Å². The fourth-order valence-corrected chi connectivity index (χ4v) is 5.53. The average molecular weight is 512 g/mol. The Hall–Kier alpha value is -4.10. The number of aromatic amines is 1. The van der Waals surface area contributed by atoms with Crippen molar-refractivity contribution in [2.75, 3.05) is 20.3 Å². The van der Waals surface area contributed by atoms with Crippen molar-refractivity contribution in [1.82, 2.24) is 15.3 Å². The molecule has 0 aliphatic rings. The van der Waals surface area contributed by atoms with Crippen LogP contribution in [-0.4, -0.2) is 36.1 Å². The van der Waals surface area contributed by atoms with Crippen molar-refractivity contribution >= 4 is 28.1 Å². The third-order valence-electron chi connectivity index (χ3n) is 6.34. The topological polar surface area (TPSA) is 76.2 Å². The minimum atomic E-state index is -0.189. The molecule has 188 valence electrons. The van der Waals surface area contributed by atoms with Gasteiger partial charge in [0, 0.05) is 29.6 Å². The first-order chi connectivity index (χ1) is 18.1. The highest BCUT2D eigenvalue weighted by Gasteiger charge is 2.23. The molecule has 0 saturated heterocycles. The second-order valence-electron chi connectivity index (χ2n) is 8.67. The van der Waals surface area contributed by atoms with Gasteiger partial charge in [0.2, 0.25) is 0 Å². The van der Waals surface area contributed by atoms with Gasteiger partial charge in [-0.2, -0.15) is 0 Å². The Morgan fingerprint density at radius 3 is 2.62 bits per heavy atom. The molecule has 0 fully saturated rings. The van der Waals surface area contributed by atoms with E-state index in [4.69, 9.17) is 9.47 Å². The van der Waals surface area contributed by atoms with Crippen molar-refractivity contribution in [2.24, 2.45) is 0 Å².